The molecule has 5 heteroatoms. The second kappa shape index (κ2) is 7.45. The van der Waals surface area contributed by atoms with E-state index >= 15 is 0 Å². The third-order valence-corrected chi connectivity index (χ3v) is 2.74. The third-order valence-electron chi connectivity index (χ3n) is 2.74. The fourth-order valence-corrected chi connectivity index (χ4v) is 1.72. The van der Waals surface area contributed by atoms with Crippen molar-refractivity contribution in [1.82, 2.24) is 10.2 Å². The van der Waals surface area contributed by atoms with Crippen LogP contribution in [0.15, 0.2) is 36.4 Å². The minimum absolute atomic E-state index is 0.572. The van der Waals surface area contributed by atoms with E-state index < -0.39 is 0 Å². The van der Waals surface area contributed by atoms with Crippen LogP contribution in [0.5, 0.6) is 5.75 Å². The molecular formula is C15H20N4O. The summed E-state index contributed by atoms with van der Waals surface area (Å²) >= 11 is 0. The Morgan fingerprint density at radius 3 is 2.50 bits per heavy atom. The Labute approximate surface area is 119 Å². The van der Waals surface area contributed by atoms with Crippen molar-refractivity contribution in [3.05, 3.63) is 36.4 Å². The van der Waals surface area contributed by atoms with Crippen molar-refractivity contribution in [2.75, 3.05) is 25.0 Å². The second-order valence-electron chi connectivity index (χ2n) is 4.39. The Morgan fingerprint density at radius 2 is 1.90 bits per heavy atom. The van der Waals surface area contributed by atoms with Crippen molar-refractivity contribution in [3.8, 4) is 17.0 Å². The number of anilines is 1. The van der Waals surface area contributed by atoms with Crippen LogP contribution in [0, 0.1) is 0 Å². The van der Waals surface area contributed by atoms with Crippen LogP contribution in [0.4, 0.5) is 5.82 Å². The lowest BCUT2D eigenvalue weighted by Crippen LogP contribution is -2.14. The molecule has 2 aromatic rings. The molecule has 3 N–H and O–H groups in total. The van der Waals surface area contributed by atoms with Gasteiger partial charge in [0.15, 0.2) is 0 Å². The van der Waals surface area contributed by atoms with Crippen LogP contribution in [-0.2, 0) is 0 Å². The van der Waals surface area contributed by atoms with E-state index in [1.54, 1.807) is 0 Å². The van der Waals surface area contributed by atoms with Crippen LogP contribution >= 0.6 is 0 Å². The number of nitrogens with zero attached hydrogens (tertiary/aromatic N) is 2. The van der Waals surface area contributed by atoms with Crippen molar-refractivity contribution in [3.63, 3.8) is 0 Å². The van der Waals surface area contributed by atoms with Crippen LogP contribution in [0.1, 0.15) is 13.3 Å². The number of nitrogens with one attached hydrogen (secondary N) is 1. The third kappa shape index (κ3) is 3.93. The van der Waals surface area contributed by atoms with Gasteiger partial charge in [0, 0.05) is 18.7 Å². The van der Waals surface area contributed by atoms with Gasteiger partial charge in [0.05, 0.1) is 12.3 Å². The summed E-state index contributed by atoms with van der Waals surface area (Å²) in [6.07, 6.45) is 1.00. The van der Waals surface area contributed by atoms with E-state index in [9.17, 15) is 0 Å². The first kappa shape index (κ1) is 14.3. The molecular weight excluding hydrogens is 252 g/mol. The number of benzene rings is 1. The number of aromatic nitrogens is 2. The predicted molar refractivity (Wildman–Crippen MR) is 80.8 cm³/mol. The molecule has 0 atom stereocenters. The minimum Gasteiger partial charge on any atom is -0.494 e. The molecule has 5 nitrogen and oxygen atoms in total. The number of rotatable bonds is 7. The van der Waals surface area contributed by atoms with Crippen molar-refractivity contribution in [2.45, 2.75) is 13.3 Å². The summed E-state index contributed by atoms with van der Waals surface area (Å²) in [6, 6.07) is 11.7. The number of hydrogen-bond acceptors (Lipinski definition) is 5. The maximum atomic E-state index is 5.55. The molecule has 20 heavy (non-hydrogen) atoms. The van der Waals surface area contributed by atoms with Crippen LogP contribution in [0.25, 0.3) is 11.3 Å². The van der Waals surface area contributed by atoms with Crippen molar-refractivity contribution in [2.24, 2.45) is 5.73 Å². The quantitative estimate of drug-likeness (QED) is 0.809. The van der Waals surface area contributed by atoms with Gasteiger partial charge in [0.1, 0.15) is 11.6 Å². The van der Waals surface area contributed by atoms with E-state index in [0.29, 0.717) is 13.1 Å². The molecule has 0 spiro atoms. The highest BCUT2D eigenvalue weighted by Gasteiger charge is 2.01. The van der Waals surface area contributed by atoms with Crippen molar-refractivity contribution >= 4 is 5.82 Å². The summed E-state index contributed by atoms with van der Waals surface area (Å²) in [5, 5.41) is 11.4. The molecule has 1 aromatic carbocycles. The Balaban J connectivity index is 2.03. The highest BCUT2D eigenvalue weighted by molar-refractivity contribution is 5.60. The molecule has 0 aliphatic heterocycles. The van der Waals surface area contributed by atoms with Crippen LogP contribution in [-0.4, -0.2) is 29.9 Å². The molecule has 0 unspecified atom stereocenters. The molecule has 106 valence electrons. The Morgan fingerprint density at radius 1 is 1.10 bits per heavy atom. The van der Waals surface area contributed by atoms with Gasteiger partial charge in [-0.2, -0.15) is 0 Å². The highest BCUT2D eigenvalue weighted by atomic mass is 16.5. The summed E-state index contributed by atoms with van der Waals surface area (Å²) in [7, 11) is 0. The van der Waals surface area contributed by atoms with Gasteiger partial charge in [0.25, 0.3) is 0 Å². The van der Waals surface area contributed by atoms with Gasteiger partial charge in [-0.05, 0) is 42.8 Å². The number of nitrogens with two attached hydrogens (primary N) is 1. The molecule has 0 fully saturated rings. The van der Waals surface area contributed by atoms with Gasteiger partial charge in [-0.25, -0.2) is 0 Å². The van der Waals surface area contributed by atoms with Crippen LogP contribution < -0.4 is 15.8 Å². The van der Waals surface area contributed by atoms with Crippen LogP contribution in [0.3, 0.4) is 0 Å². The average molecular weight is 272 g/mol. The van der Waals surface area contributed by atoms with E-state index in [4.69, 9.17) is 10.5 Å². The number of ether oxygens (including phenoxy) is 1. The summed E-state index contributed by atoms with van der Waals surface area (Å²) in [5.74, 6) is 1.62. The SMILES string of the molecule is CCCOc1ccc(-c2ccc(NCCN)nn2)cc1. The van der Waals surface area contributed by atoms with Gasteiger partial charge in [0.2, 0.25) is 0 Å². The Hall–Kier alpha value is -2.14. The fraction of sp³-hybridized carbons (Fsp3) is 0.333. The monoisotopic (exact) mass is 272 g/mol. The van der Waals surface area contributed by atoms with Crippen molar-refractivity contribution < 1.29 is 4.74 Å². The summed E-state index contributed by atoms with van der Waals surface area (Å²) in [5.41, 5.74) is 7.28. The predicted octanol–water partition coefficient (Wildman–Crippen LogP) is 2.30. The van der Waals surface area contributed by atoms with E-state index in [2.05, 4.69) is 22.4 Å². The van der Waals surface area contributed by atoms with E-state index in [1.165, 1.54) is 0 Å². The molecule has 1 aromatic heterocycles. The summed E-state index contributed by atoms with van der Waals surface area (Å²) in [4.78, 5) is 0. The molecule has 0 aliphatic rings. The largest absolute Gasteiger partial charge is 0.494 e. The van der Waals surface area contributed by atoms with Crippen LogP contribution in [0.2, 0.25) is 0 Å². The first-order chi connectivity index (χ1) is 9.83. The zero-order chi connectivity index (χ0) is 14.2. The number of hydrogen-bond donors (Lipinski definition) is 2. The molecule has 2 rings (SSSR count). The smallest absolute Gasteiger partial charge is 0.148 e. The summed E-state index contributed by atoms with van der Waals surface area (Å²) < 4.78 is 5.55. The first-order valence-corrected chi connectivity index (χ1v) is 6.84. The molecule has 0 amide bonds. The molecule has 0 aliphatic carbocycles. The normalized spacial score (nSPS) is 10.3. The van der Waals surface area contributed by atoms with Gasteiger partial charge >= 0.3 is 0 Å². The zero-order valence-corrected chi connectivity index (χ0v) is 11.7. The maximum Gasteiger partial charge on any atom is 0.148 e. The molecule has 0 saturated carbocycles. The molecule has 1 heterocycles. The summed E-state index contributed by atoms with van der Waals surface area (Å²) in [6.45, 7) is 4.09. The van der Waals surface area contributed by atoms with Crippen molar-refractivity contribution in [1.29, 1.82) is 0 Å². The lowest BCUT2D eigenvalue weighted by molar-refractivity contribution is 0.317. The molecule has 0 saturated heterocycles. The van der Waals surface area contributed by atoms with Gasteiger partial charge in [-0.15, -0.1) is 10.2 Å². The lowest BCUT2D eigenvalue weighted by atomic mass is 10.1. The average Bonchev–Trinajstić information content (AvgIpc) is 2.52. The van der Waals surface area contributed by atoms with Gasteiger partial charge in [-0.1, -0.05) is 6.92 Å². The van der Waals surface area contributed by atoms with E-state index in [-0.39, 0.29) is 0 Å². The van der Waals surface area contributed by atoms with E-state index in [0.717, 1.165) is 35.9 Å². The Kier molecular flexibility index (Phi) is 5.32. The lowest BCUT2D eigenvalue weighted by Gasteiger charge is -2.06. The first-order valence-electron chi connectivity index (χ1n) is 6.84. The highest BCUT2D eigenvalue weighted by Crippen LogP contribution is 2.20. The van der Waals surface area contributed by atoms with Gasteiger partial charge < -0.3 is 15.8 Å². The second-order valence-corrected chi connectivity index (χ2v) is 4.39. The minimum atomic E-state index is 0.572. The zero-order valence-electron chi connectivity index (χ0n) is 11.7. The molecule has 0 bridgehead atoms. The maximum absolute atomic E-state index is 5.55. The Bertz CT molecular complexity index is 461. The standard InChI is InChI=1S/C15H20N4O/c1-2-11-20-13-5-3-12(4-6-13)14-7-8-15(19-18-14)17-10-9-16/h3-8H,2,9-11,16H2,1H3,(H,17,19). The topological polar surface area (TPSA) is 73.1 Å². The fourth-order valence-electron chi connectivity index (χ4n) is 1.72. The van der Waals surface area contributed by atoms with Gasteiger partial charge in [-0.3, -0.25) is 0 Å². The van der Waals surface area contributed by atoms with E-state index in [1.807, 2.05) is 36.4 Å². The molecule has 0 radical (unpaired) electrons.